The van der Waals surface area contributed by atoms with E-state index in [1.165, 1.54) is 5.69 Å². The molecule has 0 aliphatic carbocycles. The van der Waals surface area contributed by atoms with Crippen LogP contribution in [0, 0.1) is 12.7 Å². The van der Waals surface area contributed by atoms with Gasteiger partial charge in [0.25, 0.3) is 0 Å². The first-order valence-electron chi connectivity index (χ1n) is 5.96. The Labute approximate surface area is 96.5 Å². The third-order valence-electron chi connectivity index (χ3n) is 3.29. The number of halogens is 1. The lowest BCUT2D eigenvalue weighted by Crippen LogP contribution is -2.51. The van der Waals surface area contributed by atoms with Gasteiger partial charge in [0, 0.05) is 31.4 Å². The maximum Gasteiger partial charge on any atom is 0.123 e. The molecule has 3 heteroatoms. The molecule has 1 heterocycles. The minimum absolute atomic E-state index is 0.149. The highest BCUT2D eigenvalue weighted by atomic mass is 19.1. The highest BCUT2D eigenvalue weighted by molar-refractivity contribution is 5.54. The summed E-state index contributed by atoms with van der Waals surface area (Å²) in [5.74, 6) is -0.149. The van der Waals surface area contributed by atoms with Gasteiger partial charge in [-0.2, -0.15) is 0 Å². The molecule has 16 heavy (non-hydrogen) atoms. The standard InChI is InChI=1S/C13H19FN2/c1-3-12-9-15-6-7-16(12)13-5-4-11(14)8-10(13)2/h4-5,8,12,15H,3,6-7,9H2,1-2H3. The van der Waals surface area contributed by atoms with Crippen molar-refractivity contribution in [1.82, 2.24) is 5.32 Å². The minimum atomic E-state index is -0.149. The molecule has 1 aromatic rings. The first-order valence-corrected chi connectivity index (χ1v) is 5.96. The Morgan fingerprint density at radius 1 is 1.50 bits per heavy atom. The van der Waals surface area contributed by atoms with Gasteiger partial charge in [0.15, 0.2) is 0 Å². The molecule has 1 fully saturated rings. The third kappa shape index (κ3) is 2.19. The number of hydrogen-bond donors (Lipinski definition) is 1. The van der Waals surface area contributed by atoms with Crippen LogP contribution in [0.3, 0.4) is 0 Å². The maximum absolute atomic E-state index is 13.1. The van der Waals surface area contributed by atoms with Crippen LogP contribution in [0.25, 0.3) is 0 Å². The van der Waals surface area contributed by atoms with E-state index in [0.717, 1.165) is 31.6 Å². The van der Waals surface area contributed by atoms with E-state index in [2.05, 4.69) is 17.1 Å². The lowest BCUT2D eigenvalue weighted by molar-refractivity contribution is 0.465. The summed E-state index contributed by atoms with van der Waals surface area (Å²) in [4.78, 5) is 2.39. The zero-order valence-corrected chi connectivity index (χ0v) is 9.96. The number of nitrogens with zero attached hydrogens (tertiary/aromatic N) is 1. The number of benzene rings is 1. The van der Waals surface area contributed by atoms with E-state index in [1.807, 2.05) is 13.0 Å². The van der Waals surface area contributed by atoms with Gasteiger partial charge in [0.1, 0.15) is 5.82 Å². The van der Waals surface area contributed by atoms with Crippen LogP contribution in [0.5, 0.6) is 0 Å². The Hall–Kier alpha value is -1.09. The zero-order chi connectivity index (χ0) is 11.5. The molecule has 0 aromatic heterocycles. The number of piperazine rings is 1. The van der Waals surface area contributed by atoms with Crippen molar-refractivity contribution in [1.29, 1.82) is 0 Å². The summed E-state index contributed by atoms with van der Waals surface area (Å²) >= 11 is 0. The van der Waals surface area contributed by atoms with Crippen molar-refractivity contribution in [3.05, 3.63) is 29.6 Å². The average Bonchev–Trinajstić information content (AvgIpc) is 2.29. The Kier molecular flexibility index (Phi) is 3.44. The molecule has 1 atom stereocenters. The summed E-state index contributed by atoms with van der Waals surface area (Å²) in [6.45, 7) is 7.21. The van der Waals surface area contributed by atoms with Crippen LogP contribution in [0.1, 0.15) is 18.9 Å². The van der Waals surface area contributed by atoms with Crippen molar-refractivity contribution in [2.75, 3.05) is 24.5 Å². The zero-order valence-electron chi connectivity index (χ0n) is 9.96. The SMILES string of the molecule is CCC1CNCCN1c1ccc(F)cc1C. The summed E-state index contributed by atoms with van der Waals surface area (Å²) in [7, 11) is 0. The van der Waals surface area contributed by atoms with Gasteiger partial charge >= 0.3 is 0 Å². The van der Waals surface area contributed by atoms with Gasteiger partial charge in [-0.3, -0.25) is 0 Å². The van der Waals surface area contributed by atoms with Crippen molar-refractivity contribution in [3.63, 3.8) is 0 Å². The second-order valence-corrected chi connectivity index (χ2v) is 4.39. The normalized spacial score (nSPS) is 21.2. The summed E-state index contributed by atoms with van der Waals surface area (Å²) in [6, 6.07) is 5.60. The number of rotatable bonds is 2. The Morgan fingerprint density at radius 2 is 2.31 bits per heavy atom. The third-order valence-corrected chi connectivity index (χ3v) is 3.29. The number of nitrogens with one attached hydrogen (secondary N) is 1. The topological polar surface area (TPSA) is 15.3 Å². The summed E-state index contributed by atoms with van der Waals surface area (Å²) in [6.07, 6.45) is 1.11. The van der Waals surface area contributed by atoms with Crippen molar-refractivity contribution in [3.8, 4) is 0 Å². The average molecular weight is 222 g/mol. The van der Waals surface area contributed by atoms with Crippen LogP contribution >= 0.6 is 0 Å². The van der Waals surface area contributed by atoms with E-state index in [-0.39, 0.29) is 5.82 Å². The molecule has 0 radical (unpaired) electrons. The lowest BCUT2D eigenvalue weighted by atomic mass is 10.1. The van der Waals surface area contributed by atoms with Gasteiger partial charge in [0.2, 0.25) is 0 Å². The van der Waals surface area contributed by atoms with Crippen molar-refractivity contribution in [2.45, 2.75) is 26.3 Å². The number of hydrogen-bond acceptors (Lipinski definition) is 2. The molecule has 0 saturated carbocycles. The molecule has 2 rings (SSSR count). The van der Waals surface area contributed by atoms with E-state index in [1.54, 1.807) is 12.1 Å². The van der Waals surface area contributed by atoms with Gasteiger partial charge in [-0.15, -0.1) is 0 Å². The van der Waals surface area contributed by atoms with E-state index in [9.17, 15) is 4.39 Å². The molecule has 1 N–H and O–H groups in total. The molecule has 0 amide bonds. The molecule has 1 aromatic carbocycles. The van der Waals surface area contributed by atoms with Gasteiger partial charge in [-0.25, -0.2) is 4.39 Å². The van der Waals surface area contributed by atoms with Gasteiger partial charge in [-0.1, -0.05) is 6.92 Å². The summed E-state index contributed by atoms with van der Waals surface area (Å²) in [5, 5.41) is 3.40. The maximum atomic E-state index is 13.1. The molecule has 1 aliphatic heterocycles. The molecule has 88 valence electrons. The van der Waals surface area contributed by atoms with Crippen LogP contribution in [-0.4, -0.2) is 25.7 Å². The van der Waals surface area contributed by atoms with Crippen LogP contribution in [-0.2, 0) is 0 Å². The van der Waals surface area contributed by atoms with Crippen LogP contribution in [0.2, 0.25) is 0 Å². The number of aryl methyl sites for hydroxylation is 1. The quantitative estimate of drug-likeness (QED) is 0.826. The van der Waals surface area contributed by atoms with Gasteiger partial charge in [0.05, 0.1) is 0 Å². The fourth-order valence-electron chi connectivity index (χ4n) is 2.38. The Bertz CT molecular complexity index is 365. The molecule has 1 unspecified atom stereocenters. The smallest absolute Gasteiger partial charge is 0.123 e. The van der Waals surface area contributed by atoms with Crippen LogP contribution in [0.15, 0.2) is 18.2 Å². The monoisotopic (exact) mass is 222 g/mol. The summed E-state index contributed by atoms with van der Waals surface area (Å²) in [5.41, 5.74) is 2.20. The molecular formula is C13H19FN2. The van der Waals surface area contributed by atoms with Gasteiger partial charge in [-0.05, 0) is 37.1 Å². The largest absolute Gasteiger partial charge is 0.366 e. The first kappa shape index (κ1) is 11.4. The molecule has 0 spiro atoms. The highest BCUT2D eigenvalue weighted by Gasteiger charge is 2.21. The molecule has 1 saturated heterocycles. The van der Waals surface area contributed by atoms with E-state index < -0.39 is 0 Å². The van der Waals surface area contributed by atoms with Crippen LogP contribution < -0.4 is 10.2 Å². The second-order valence-electron chi connectivity index (χ2n) is 4.39. The van der Waals surface area contributed by atoms with E-state index in [0.29, 0.717) is 6.04 Å². The number of anilines is 1. The van der Waals surface area contributed by atoms with Crippen LogP contribution in [0.4, 0.5) is 10.1 Å². The fraction of sp³-hybridized carbons (Fsp3) is 0.538. The van der Waals surface area contributed by atoms with Crippen molar-refractivity contribution >= 4 is 5.69 Å². The Balaban J connectivity index is 2.27. The predicted octanol–water partition coefficient (Wildman–Crippen LogP) is 2.32. The predicted molar refractivity (Wildman–Crippen MR) is 65.4 cm³/mol. The first-order chi connectivity index (χ1) is 7.72. The summed E-state index contributed by atoms with van der Waals surface area (Å²) < 4.78 is 13.1. The second kappa shape index (κ2) is 4.83. The van der Waals surface area contributed by atoms with Gasteiger partial charge < -0.3 is 10.2 Å². The minimum Gasteiger partial charge on any atom is -0.366 e. The molecule has 1 aliphatic rings. The highest BCUT2D eigenvalue weighted by Crippen LogP contribution is 2.24. The van der Waals surface area contributed by atoms with Crippen molar-refractivity contribution < 1.29 is 4.39 Å². The Morgan fingerprint density at radius 3 is 3.00 bits per heavy atom. The van der Waals surface area contributed by atoms with E-state index >= 15 is 0 Å². The van der Waals surface area contributed by atoms with E-state index in [4.69, 9.17) is 0 Å². The molecular weight excluding hydrogens is 203 g/mol. The van der Waals surface area contributed by atoms with Crippen molar-refractivity contribution in [2.24, 2.45) is 0 Å². The fourth-order valence-corrected chi connectivity index (χ4v) is 2.38. The lowest BCUT2D eigenvalue weighted by Gasteiger charge is -2.38. The molecule has 2 nitrogen and oxygen atoms in total. The molecule has 0 bridgehead atoms.